The van der Waals surface area contributed by atoms with Crippen LogP contribution in [0.3, 0.4) is 0 Å². The summed E-state index contributed by atoms with van der Waals surface area (Å²) in [7, 11) is 0. The summed E-state index contributed by atoms with van der Waals surface area (Å²) in [5, 5.41) is 9.38. The standard InChI is InChI=1S/C45H45ClN4O4/c1-32(2)39-13-15-40(16-14-39)52-25-20-34-4-8-36(9-5-34)30-49-21-23-50(24-22-49)44(51)19-12-38-26-33(3)45(42(46)27-38)54-43-18-17-41(29-48-43)53-31-37-10-6-35(28-47)7-11-37/h4-19,26-27,29,32H,20-25,30-31H2,1-3H3. The van der Waals surface area contributed by atoms with E-state index >= 15 is 0 Å². The van der Waals surface area contributed by atoms with E-state index in [2.05, 4.69) is 78.3 Å². The highest BCUT2D eigenvalue weighted by atomic mass is 35.5. The third-order valence-electron chi connectivity index (χ3n) is 9.39. The minimum atomic E-state index is -0.0168. The van der Waals surface area contributed by atoms with Gasteiger partial charge in [0.1, 0.15) is 18.1 Å². The van der Waals surface area contributed by atoms with Crippen molar-refractivity contribution in [2.45, 2.75) is 46.3 Å². The molecule has 1 fully saturated rings. The van der Waals surface area contributed by atoms with Gasteiger partial charge in [0.2, 0.25) is 11.8 Å². The topological polar surface area (TPSA) is 87.9 Å². The monoisotopic (exact) mass is 740 g/mol. The van der Waals surface area contributed by atoms with Crippen LogP contribution in [0.4, 0.5) is 0 Å². The van der Waals surface area contributed by atoms with Gasteiger partial charge in [0.25, 0.3) is 0 Å². The second kappa shape index (κ2) is 18.4. The molecule has 0 N–H and O–H groups in total. The third kappa shape index (κ3) is 10.7. The summed E-state index contributed by atoms with van der Waals surface area (Å²) >= 11 is 6.63. The number of rotatable bonds is 14. The van der Waals surface area contributed by atoms with Gasteiger partial charge in [0.05, 0.1) is 29.5 Å². The smallest absolute Gasteiger partial charge is 0.246 e. The summed E-state index contributed by atoms with van der Waals surface area (Å²) in [6.45, 7) is 11.1. The normalized spacial score (nSPS) is 13.2. The van der Waals surface area contributed by atoms with E-state index in [9.17, 15) is 4.79 Å². The first kappa shape index (κ1) is 38.1. The molecule has 0 aliphatic carbocycles. The zero-order valence-corrected chi connectivity index (χ0v) is 31.8. The van der Waals surface area contributed by atoms with E-state index in [1.165, 1.54) is 16.7 Å². The second-order valence-electron chi connectivity index (χ2n) is 13.8. The number of aromatic nitrogens is 1. The number of nitriles is 1. The molecule has 54 heavy (non-hydrogen) atoms. The van der Waals surface area contributed by atoms with Gasteiger partial charge >= 0.3 is 0 Å². The van der Waals surface area contributed by atoms with Crippen molar-refractivity contribution in [2.24, 2.45) is 0 Å². The van der Waals surface area contributed by atoms with Crippen molar-refractivity contribution in [2.75, 3.05) is 32.8 Å². The molecule has 0 saturated carbocycles. The first-order chi connectivity index (χ1) is 26.2. The van der Waals surface area contributed by atoms with Gasteiger partial charge in [-0.2, -0.15) is 5.26 Å². The number of halogens is 1. The number of pyridine rings is 1. The van der Waals surface area contributed by atoms with E-state index in [-0.39, 0.29) is 5.91 Å². The number of piperazine rings is 1. The van der Waals surface area contributed by atoms with Crippen LogP contribution in [0.15, 0.2) is 109 Å². The highest BCUT2D eigenvalue weighted by molar-refractivity contribution is 6.32. The number of nitrogens with zero attached hydrogens (tertiary/aromatic N) is 4. The molecule has 0 unspecified atom stereocenters. The number of amides is 1. The molecule has 2 heterocycles. The van der Waals surface area contributed by atoms with E-state index in [4.69, 9.17) is 31.1 Å². The number of carbonyl (C=O) groups excluding carboxylic acids is 1. The Morgan fingerprint density at radius 1 is 0.870 bits per heavy atom. The van der Waals surface area contributed by atoms with Crippen LogP contribution in [-0.2, 0) is 24.4 Å². The van der Waals surface area contributed by atoms with E-state index in [1.807, 2.05) is 30.0 Å². The van der Waals surface area contributed by atoms with Crippen molar-refractivity contribution >= 4 is 23.6 Å². The number of aryl methyl sites for hydroxylation is 1. The lowest BCUT2D eigenvalue weighted by molar-refractivity contribution is -0.127. The van der Waals surface area contributed by atoms with Gasteiger partial charge in [0, 0.05) is 51.3 Å². The Labute approximate surface area is 323 Å². The fourth-order valence-corrected chi connectivity index (χ4v) is 6.46. The van der Waals surface area contributed by atoms with Crippen LogP contribution in [0.25, 0.3) is 6.08 Å². The lowest BCUT2D eigenvalue weighted by atomic mass is 10.0. The fourth-order valence-electron chi connectivity index (χ4n) is 6.15. The Hall–Kier alpha value is -5.62. The zero-order chi connectivity index (χ0) is 37.9. The van der Waals surface area contributed by atoms with Gasteiger partial charge in [-0.1, -0.05) is 74.0 Å². The third-order valence-corrected chi connectivity index (χ3v) is 9.67. The fraction of sp³-hybridized carbons (Fsp3) is 0.267. The van der Waals surface area contributed by atoms with Crippen molar-refractivity contribution in [3.05, 3.63) is 153 Å². The highest BCUT2D eigenvalue weighted by Crippen LogP contribution is 2.34. The number of carbonyl (C=O) groups is 1. The van der Waals surface area contributed by atoms with Crippen molar-refractivity contribution < 1.29 is 19.0 Å². The Balaban J connectivity index is 0.921. The number of hydrogen-bond acceptors (Lipinski definition) is 7. The molecule has 0 radical (unpaired) electrons. The summed E-state index contributed by atoms with van der Waals surface area (Å²) in [4.78, 5) is 21.7. The molecule has 1 saturated heterocycles. The SMILES string of the molecule is Cc1cc(C=CC(=O)N2CCN(Cc3ccc(CCOc4ccc(C(C)C)cc4)cc3)CC2)cc(Cl)c1Oc1ccc(OCc2ccc(C#N)cc2)cn1. The van der Waals surface area contributed by atoms with Gasteiger partial charge in [-0.3, -0.25) is 9.69 Å². The molecule has 0 atom stereocenters. The molecule has 1 aliphatic heterocycles. The van der Waals surface area contributed by atoms with Gasteiger partial charge < -0.3 is 19.1 Å². The molecule has 1 amide bonds. The lowest BCUT2D eigenvalue weighted by Crippen LogP contribution is -2.47. The highest BCUT2D eigenvalue weighted by Gasteiger charge is 2.20. The van der Waals surface area contributed by atoms with Crippen LogP contribution < -0.4 is 14.2 Å². The zero-order valence-electron chi connectivity index (χ0n) is 31.0. The van der Waals surface area contributed by atoms with Crippen LogP contribution >= 0.6 is 11.6 Å². The summed E-state index contributed by atoms with van der Waals surface area (Å²) in [5.41, 5.74) is 7.02. The maximum Gasteiger partial charge on any atom is 0.246 e. The molecule has 5 aromatic rings. The van der Waals surface area contributed by atoms with E-state index in [1.54, 1.807) is 48.7 Å². The molecule has 1 aromatic heterocycles. The molecule has 6 rings (SSSR count). The predicted molar refractivity (Wildman–Crippen MR) is 213 cm³/mol. The number of ether oxygens (including phenoxy) is 3. The summed E-state index contributed by atoms with van der Waals surface area (Å²) in [6, 6.07) is 33.7. The van der Waals surface area contributed by atoms with Crippen LogP contribution in [0.2, 0.25) is 5.02 Å². The molecule has 1 aliphatic rings. The molecular weight excluding hydrogens is 696 g/mol. The van der Waals surface area contributed by atoms with Crippen LogP contribution in [0.1, 0.15) is 58.7 Å². The first-order valence-corrected chi connectivity index (χ1v) is 18.7. The molecule has 8 nitrogen and oxygen atoms in total. The number of hydrogen-bond donors (Lipinski definition) is 0. The summed E-state index contributed by atoms with van der Waals surface area (Å²) in [6.07, 6.45) is 5.86. The van der Waals surface area contributed by atoms with Crippen molar-refractivity contribution in [3.8, 4) is 29.2 Å². The van der Waals surface area contributed by atoms with Crippen molar-refractivity contribution in [1.29, 1.82) is 5.26 Å². The maximum atomic E-state index is 13.1. The molecule has 4 aromatic carbocycles. The Morgan fingerprint density at radius 3 is 2.20 bits per heavy atom. The number of benzene rings is 4. The minimum absolute atomic E-state index is 0.0168. The predicted octanol–water partition coefficient (Wildman–Crippen LogP) is 9.39. The summed E-state index contributed by atoms with van der Waals surface area (Å²) < 4.78 is 17.8. The van der Waals surface area contributed by atoms with E-state index in [0.717, 1.165) is 48.5 Å². The van der Waals surface area contributed by atoms with Crippen molar-refractivity contribution in [1.82, 2.24) is 14.8 Å². The quantitative estimate of drug-likeness (QED) is 0.105. The first-order valence-electron chi connectivity index (χ1n) is 18.3. The molecule has 0 spiro atoms. The van der Waals surface area contributed by atoms with Gasteiger partial charge in [-0.05, 0) is 94.8 Å². The van der Waals surface area contributed by atoms with Crippen LogP contribution in [-0.4, -0.2) is 53.5 Å². The Morgan fingerprint density at radius 2 is 1.56 bits per heavy atom. The van der Waals surface area contributed by atoms with E-state index in [0.29, 0.717) is 60.2 Å². The van der Waals surface area contributed by atoms with Crippen molar-refractivity contribution in [3.63, 3.8) is 0 Å². The summed E-state index contributed by atoms with van der Waals surface area (Å²) in [5.74, 6) is 2.88. The average molecular weight is 741 g/mol. The Bertz CT molecular complexity index is 2040. The molecule has 276 valence electrons. The molecule has 0 bridgehead atoms. The van der Waals surface area contributed by atoms with Gasteiger partial charge in [-0.25, -0.2) is 4.98 Å². The maximum absolute atomic E-state index is 13.1. The molecular formula is C45H45ClN4O4. The van der Waals surface area contributed by atoms with Crippen LogP contribution in [0, 0.1) is 18.3 Å². The largest absolute Gasteiger partial charge is 0.493 e. The van der Waals surface area contributed by atoms with E-state index < -0.39 is 0 Å². The van der Waals surface area contributed by atoms with Gasteiger partial charge in [-0.15, -0.1) is 0 Å². The van der Waals surface area contributed by atoms with Crippen LogP contribution in [0.5, 0.6) is 23.1 Å². The lowest BCUT2D eigenvalue weighted by Gasteiger charge is -2.34. The minimum Gasteiger partial charge on any atom is -0.493 e. The average Bonchev–Trinajstić information content (AvgIpc) is 3.19. The van der Waals surface area contributed by atoms with Gasteiger partial charge in [0.15, 0.2) is 5.75 Å². The second-order valence-corrected chi connectivity index (χ2v) is 14.2. The Kier molecular flexibility index (Phi) is 13.0. The molecule has 9 heteroatoms.